The maximum absolute atomic E-state index is 11.5. The van der Waals surface area contributed by atoms with Crippen LogP contribution in [0.15, 0.2) is 23.2 Å². The number of pyridine rings is 1. The zero-order chi connectivity index (χ0) is 13.6. The van der Waals surface area contributed by atoms with Gasteiger partial charge in [0.25, 0.3) is 0 Å². The number of rotatable bonds is 2. The second kappa shape index (κ2) is 5.21. The first-order valence-electron chi connectivity index (χ1n) is 6.03. The summed E-state index contributed by atoms with van der Waals surface area (Å²) in [4.78, 5) is 17.8. The quantitative estimate of drug-likeness (QED) is 0.740. The Hall–Kier alpha value is -1.34. The number of sulfone groups is 1. The minimum absolute atomic E-state index is 0. The van der Waals surface area contributed by atoms with Crippen LogP contribution in [0, 0.1) is 11.8 Å². The zero-order valence-corrected chi connectivity index (χ0v) is 12.5. The van der Waals surface area contributed by atoms with Crippen molar-refractivity contribution in [1.29, 1.82) is 0 Å². The van der Waals surface area contributed by atoms with Crippen LogP contribution in [0.4, 0.5) is 5.82 Å². The van der Waals surface area contributed by atoms with Crippen molar-refractivity contribution in [2.75, 3.05) is 30.9 Å². The van der Waals surface area contributed by atoms with E-state index in [-0.39, 0.29) is 35.1 Å². The van der Waals surface area contributed by atoms with Crippen LogP contribution in [0.3, 0.4) is 0 Å². The third-order valence-corrected chi connectivity index (χ3v) is 4.75. The lowest BCUT2D eigenvalue weighted by Crippen LogP contribution is -2.24. The van der Waals surface area contributed by atoms with Crippen LogP contribution in [0.5, 0.6) is 0 Å². The minimum atomic E-state index is -3.22. The molecular formula is C12H15ClN2O4S. The summed E-state index contributed by atoms with van der Waals surface area (Å²) in [6, 6.07) is 3.23. The van der Waals surface area contributed by atoms with E-state index in [9.17, 15) is 13.2 Å². The number of carbonyl (C=O) groups excluding carboxylic acids is 1. The van der Waals surface area contributed by atoms with Crippen molar-refractivity contribution in [1.82, 2.24) is 4.98 Å². The molecule has 2 aliphatic rings. The summed E-state index contributed by atoms with van der Waals surface area (Å²) < 4.78 is 27.7. The van der Waals surface area contributed by atoms with E-state index in [4.69, 9.17) is 4.74 Å². The Morgan fingerprint density at radius 3 is 2.65 bits per heavy atom. The fourth-order valence-corrected chi connectivity index (χ4v) is 3.13. The number of hydrogen-bond acceptors (Lipinski definition) is 6. The Bertz CT molecular complexity index is 617. The Morgan fingerprint density at radius 2 is 2.10 bits per heavy atom. The van der Waals surface area contributed by atoms with Crippen LogP contribution in [-0.2, 0) is 19.4 Å². The van der Waals surface area contributed by atoms with Crippen LogP contribution < -0.4 is 4.90 Å². The summed E-state index contributed by atoms with van der Waals surface area (Å²) in [5, 5.41) is 0. The van der Waals surface area contributed by atoms with Gasteiger partial charge in [-0.1, -0.05) is 0 Å². The smallest absolute Gasteiger partial charge is 0.311 e. The third-order valence-electron chi connectivity index (χ3n) is 3.66. The molecular weight excluding hydrogens is 304 g/mol. The minimum Gasteiger partial charge on any atom is -0.465 e. The molecule has 110 valence electrons. The Morgan fingerprint density at radius 1 is 1.35 bits per heavy atom. The van der Waals surface area contributed by atoms with Crippen molar-refractivity contribution in [3.8, 4) is 0 Å². The summed E-state index contributed by atoms with van der Waals surface area (Å²) in [5.41, 5.74) is 0. The van der Waals surface area contributed by atoms with Gasteiger partial charge in [-0.2, -0.15) is 0 Å². The summed E-state index contributed by atoms with van der Waals surface area (Å²) >= 11 is 0. The first-order valence-corrected chi connectivity index (χ1v) is 7.92. The van der Waals surface area contributed by atoms with Crippen molar-refractivity contribution < 1.29 is 17.9 Å². The van der Waals surface area contributed by atoms with Crippen LogP contribution in [0.25, 0.3) is 0 Å². The van der Waals surface area contributed by atoms with Gasteiger partial charge >= 0.3 is 5.97 Å². The van der Waals surface area contributed by atoms with Gasteiger partial charge in [0.2, 0.25) is 0 Å². The molecule has 0 amide bonds. The molecule has 2 atom stereocenters. The number of fused-ring (bicyclic) bond motifs is 1. The monoisotopic (exact) mass is 318 g/mol. The van der Waals surface area contributed by atoms with Crippen LogP contribution in [0.1, 0.15) is 0 Å². The number of nitrogens with zero attached hydrogens (tertiary/aromatic N) is 2. The molecule has 0 saturated carbocycles. The van der Waals surface area contributed by atoms with E-state index >= 15 is 0 Å². The number of halogens is 1. The molecule has 6 nitrogen and oxygen atoms in total. The summed E-state index contributed by atoms with van der Waals surface area (Å²) in [6.07, 6.45) is 2.51. The van der Waals surface area contributed by atoms with E-state index in [1.54, 1.807) is 12.1 Å². The lowest BCUT2D eigenvalue weighted by molar-refractivity contribution is -0.140. The van der Waals surface area contributed by atoms with Crippen molar-refractivity contribution in [3.05, 3.63) is 18.3 Å². The van der Waals surface area contributed by atoms with Gasteiger partial charge in [-0.25, -0.2) is 13.4 Å². The van der Waals surface area contributed by atoms with E-state index < -0.39 is 9.84 Å². The highest BCUT2D eigenvalue weighted by molar-refractivity contribution is 7.90. The number of ether oxygens (including phenoxy) is 1. The van der Waals surface area contributed by atoms with Gasteiger partial charge in [0, 0.05) is 31.5 Å². The first-order chi connectivity index (χ1) is 8.95. The first kappa shape index (κ1) is 15.1. The number of aromatic nitrogens is 1. The number of cyclic esters (lactones) is 1. The molecule has 0 bridgehead atoms. The highest BCUT2D eigenvalue weighted by atomic mass is 35.5. The summed E-state index contributed by atoms with van der Waals surface area (Å²) in [7, 11) is -3.22. The van der Waals surface area contributed by atoms with Crippen molar-refractivity contribution in [2.45, 2.75) is 4.90 Å². The van der Waals surface area contributed by atoms with Gasteiger partial charge in [0.05, 0.1) is 17.4 Å². The van der Waals surface area contributed by atoms with Crippen molar-refractivity contribution >= 4 is 34.0 Å². The van der Waals surface area contributed by atoms with Gasteiger partial charge in [-0.3, -0.25) is 4.79 Å². The molecule has 0 unspecified atom stereocenters. The maximum atomic E-state index is 11.5. The molecule has 0 N–H and O–H groups in total. The number of carbonyl (C=O) groups is 1. The average molecular weight is 319 g/mol. The molecule has 3 heterocycles. The fraction of sp³-hybridized carbons (Fsp3) is 0.500. The lowest BCUT2D eigenvalue weighted by Gasteiger charge is -2.18. The van der Waals surface area contributed by atoms with E-state index in [1.165, 1.54) is 6.20 Å². The summed E-state index contributed by atoms with van der Waals surface area (Å²) in [5.74, 6) is 0.718. The van der Waals surface area contributed by atoms with E-state index in [0.717, 1.165) is 12.8 Å². The Labute approximate surface area is 123 Å². The number of anilines is 1. The maximum Gasteiger partial charge on any atom is 0.311 e. The molecule has 0 spiro atoms. The summed E-state index contributed by atoms with van der Waals surface area (Å²) in [6.45, 7) is 1.79. The van der Waals surface area contributed by atoms with Gasteiger partial charge in [-0.15, -0.1) is 12.4 Å². The van der Waals surface area contributed by atoms with Crippen molar-refractivity contribution in [3.63, 3.8) is 0 Å². The highest BCUT2D eigenvalue weighted by Gasteiger charge is 2.44. The second-order valence-electron chi connectivity index (χ2n) is 5.03. The van der Waals surface area contributed by atoms with Gasteiger partial charge in [0.15, 0.2) is 9.84 Å². The molecule has 20 heavy (non-hydrogen) atoms. The molecule has 2 fully saturated rings. The predicted molar refractivity (Wildman–Crippen MR) is 74.7 cm³/mol. The molecule has 2 saturated heterocycles. The number of hydrogen-bond donors (Lipinski definition) is 0. The fourth-order valence-electron chi connectivity index (χ4n) is 2.57. The lowest BCUT2D eigenvalue weighted by atomic mass is 10.0. The topological polar surface area (TPSA) is 76.6 Å². The molecule has 0 aromatic carbocycles. The molecule has 3 rings (SSSR count). The Kier molecular flexibility index (Phi) is 3.93. The van der Waals surface area contributed by atoms with Crippen molar-refractivity contribution in [2.24, 2.45) is 11.8 Å². The Balaban J connectivity index is 0.00000147. The molecule has 1 aromatic heterocycles. The highest BCUT2D eigenvalue weighted by Crippen LogP contribution is 2.32. The second-order valence-corrected chi connectivity index (χ2v) is 7.04. The molecule has 0 aliphatic carbocycles. The largest absolute Gasteiger partial charge is 0.465 e. The van der Waals surface area contributed by atoms with Gasteiger partial charge < -0.3 is 9.64 Å². The standard InChI is InChI=1S/C12H14N2O4S.ClH/c1-19(16,17)9-2-3-11(13-4-9)14-5-8-7-18-12(15)10(8)6-14;/h2-4,8,10H,5-7H2,1H3;1H/t8-,10-;/m1./s1. The normalized spacial score (nSPS) is 25.1. The van der Waals surface area contributed by atoms with Crippen LogP contribution in [0.2, 0.25) is 0 Å². The van der Waals surface area contributed by atoms with Gasteiger partial charge in [0.1, 0.15) is 5.82 Å². The zero-order valence-electron chi connectivity index (χ0n) is 10.9. The van der Waals surface area contributed by atoms with Crippen LogP contribution >= 0.6 is 12.4 Å². The SMILES string of the molecule is CS(=O)(=O)c1ccc(N2C[C@@H]3COC(=O)[C@@H]3C2)nc1.Cl. The predicted octanol–water partition coefficient (Wildman–Crippen LogP) is 0.516. The third kappa shape index (κ3) is 2.60. The van der Waals surface area contributed by atoms with Crippen LogP contribution in [-0.4, -0.2) is 45.3 Å². The molecule has 8 heteroatoms. The number of esters is 1. The van der Waals surface area contributed by atoms with E-state index in [0.29, 0.717) is 19.0 Å². The van der Waals surface area contributed by atoms with E-state index in [1.807, 2.05) is 4.90 Å². The van der Waals surface area contributed by atoms with E-state index in [2.05, 4.69) is 4.98 Å². The average Bonchev–Trinajstić information content (AvgIpc) is 2.91. The molecule has 2 aliphatic heterocycles. The van der Waals surface area contributed by atoms with Gasteiger partial charge in [-0.05, 0) is 12.1 Å². The molecule has 0 radical (unpaired) electrons. The molecule has 1 aromatic rings.